The van der Waals surface area contributed by atoms with E-state index in [2.05, 4.69) is 70.6 Å². The standard InChI is InChI=1S/C19H12N2/c1-2-4-16-14(3-1)11-15-8-6-12-5-7-13-9-10-20-18(13)17(12)19(15)21-16/h1-11,21H. The summed E-state index contributed by atoms with van der Waals surface area (Å²) in [5.41, 5.74) is 3.39. The third-order valence-corrected chi connectivity index (χ3v) is 4.21. The van der Waals surface area contributed by atoms with E-state index in [1.807, 2.05) is 6.20 Å². The number of para-hydroxylation sites is 1. The van der Waals surface area contributed by atoms with E-state index < -0.39 is 0 Å². The van der Waals surface area contributed by atoms with Crippen molar-refractivity contribution in [2.24, 2.45) is 0 Å². The Bertz CT molecular complexity index is 1140. The molecule has 5 rings (SSSR count). The Morgan fingerprint density at radius 3 is 2.48 bits per heavy atom. The number of pyridine rings is 1. The van der Waals surface area contributed by atoms with Crippen molar-refractivity contribution in [3.05, 3.63) is 66.9 Å². The molecule has 2 heterocycles. The number of nitrogens with one attached hydrogen (secondary N) is 1. The number of aromatic nitrogens is 2. The van der Waals surface area contributed by atoms with Gasteiger partial charge in [0.15, 0.2) is 0 Å². The molecule has 21 heavy (non-hydrogen) atoms. The maximum atomic E-state index is 4.56. The van der Waals surface area contributed by atoms with Crippen LogP contribution in [0.1, 0.15) is 0 Å². The van der Waals surface area contributed by atoms with E-state index in [9.17, 15) is 0 Å². The van der Waals surface area contributed by atoms with Crippen LogP contribution in [-0.4, -0.2) is 9.97 Å². The summed E-state index contributed by atoms with van der Waals surface area (Å²) in [6.07, 6.45) is 1.88. The number of rotatable bonds is 0. The summed E-state index contributed by atoms with van der Waals surface area (Å²) in [7, 11) is 0. The van der Waals surface area contributed by atoms with E-state index in [4.69, 9.17) is 0 Å². The zero-order valence-electron chi connectivity index (χ0n) is 11.3. The lowest BCUT2D eigenvalue weighted by Gasteiger charge is -2.08. The van der Waals surface area contributed by atoms with Crippen LogP contribution in [0.4, 0.5) is 0 Å². The van der Waals surface area contributed by atoms with Crippen molar-refractivity contribution >= 4 is 43.5 Å². The van der Waals surface area contributed by atoms with Gasteiger partial charge < -0.3 is 4.98 Å². The molecule has 5 aromatic rings. The molecule has 0 radical (unpaired) electrons. The Labute approximate surface area is 121 Å². The highest BCUT2D eigenvalue weighted by atomic mass is 14.7. The second-order valence-electron chi connectivity index (χ2n) is 5.43. The average molecular weight is 268 g/mol. The predicted molar refractivity (Wildman–Crippen MR) is 88.6 cm³/mol. The van der Waals surface area contributed by atoms with Gasteiger partial charge in [0, 0.05) is 22.5 Å². The smallest absolute Gasteiger partial charge is 0.0801 e. The van der Waals surface area contributed by atoms with Crippen LogP contribution < -0.4 is 0 Å². The molecular weight excluding hydrogens is 256 g/mol. The van der Waals surface area contributed by atoms with Crippen LogP contribution in [-0.2, 0) is 0 Å². The molecule has 0 saturated heterocycles. The van der Waals surface area contributed by atoms with Crippen LogP contribution in [0.5, 0.6) is 0 Å². The predicted octanol–water partition coefficient (Wildman–Crippen LogP) is 5.02. The summed E-state index contributed by atoms with van der Waals surface area (Å²) in [6.45, 7) is 0. The minimum absolute atomic E-state index is 1.07. The molecule has 0 aliphatic rings. The third-order valence-electron chi connectivity index (χ3n) is 4.21. The van der Waals surface area contributed by atoms with Gasteiger partial charge in [0.2, 0.25) is 0 Å². The third kappa shape index (κ3) is 1.44. The summed E-state index contributed by atoms with van der Waals surface area (Å²) in [5.74, 6) is 0. The van der Waals surface area contributed by atoms with Crippen LogP contribution in [0.2, 0.25) is 0 Å². The summed E-state index contributed by atoms with van der Waals surface area (Å²) in [6, 6.07) is 21.3. The zero-order chi connectivity index (χ0) is 13.8. The van der Waals surface area contributed by atoms with Crippen molar-refractivity contribution in [2.75, 3.05) is 0 Å². The highest BCUT2D eigenvalue weighted by Crippen LogP contribution is 2.31. The Hall–Kier alpha value is -2.87. The molecule has 2 nitrogen and oxygen atoms in total. The van der Waals surface area contributed by atoms with Crippen molar-refractivity contribution < 1.29 is 0 Å². The first-order valence-electron chi connectivity index (χ1n) is 7.08. The minimum atomic E-state index is 1.07. The lowest BCUT2D eigenvalue weighted by molar-refractivity contribution is 1.48. The number of hydrogen-bond acceptors (Lipinski definition) is 1. The molecule has 2 aromatic heterocycles. The van der Waals surface area contributed by atoms with Gasteiger partial charge in [0.1, 0.15) is 0 Å². The first-order chi connectivity index (χ1) is 10.4. The topological polar surface area (TPSA) is 28.7 Å². The molecule has 0 atom stereocenters. The summed E-state index contributed by atoms with van der Waals surface area (Å²) < 4.78 is 0. The fraction of sp³-hybridized carbons (Fsp3) is 0. The van der Waals surface area contributed by atoms with E-state index in [1.54, 1.807) is 0 Å². The molecule has 98 valence electrons. The largest absolute Gasteiger partial charge is 0.354 e. The van der Waals surface area contributed by atoms with Gasteiger partial charge in [0.05, 0.1) is 11.0 Å². The van der Waals surface area contributed by atoms with Gasteiger partial charge in [-0.3, -0.25) is 4.98 Å². The van der Waals surface area contributed by atoms with Gasteiger partial charge >= 0.3 is 0 Å². The number of benzene rings is 3. The van der Waals surface area contributed by atoms with Crippen molar-refractivity contribution in [3.63, 3.8) is 0 Å². The number of H-pyrrole nitrogens is 1. The van der Waals surface area contributed by atoms with Gasteiger partial charge in [-0.1, -0.05) is 42.5 Å². The van der Waals surface area contributed by atoms with E-state index in [0.717, 1.165) is 16.6 Å². The molecule has 2 heteroatoms. The van der Waals surface area contributed by atoms with Gasteiger partial charge in [-0.2, -0.15) is 0 Å². The molecule has 0 bridgehead atoms. The summed E-state index contributed by atoms with van der Waals surface area (Å²) >= 11 is 0. The number of aromatic amines is 1. The second kappa shape index (κ2) is 3.83. The zero-order valence-corrected chi connectivity index (χ0v) is 11.3. The Morgan fingerprint density at radius 1 is 0.714 bits per heavy atom. The lowest BCUT2D eigenvalue weighted by atomic mass is 10.0. The Kier molecular flexibility index (Phi) is 1.98. The molecule has 0 amide bonds. The van der Waals surface area contributed by atoms with Crippen LogP contribution >= 0.6 is 0 Å². The van der Waals surface area contributed by atoms with Crippen LogP contribution in [0, 0.1) is 0 Å². The van der Waals surface area contributed by atoms with E-state index >= 15 is 0 Å². The van der Waals surface area contributed by atoms with Gasteiger partial charge in [-0.25, -0.2) is 0 Å². The fourth-order valence-electron chi connectivity index (χ4n) is 3.19. The molecule has 0 fully saturated rings. The number of hydrogen-bond donors (Lipinski definition) is 1. The van der Waals surface area contributed by atoms with E-state index in [-0.39, 0.29) is 0 Å². The molecule has 3 aromatic carbocycles. The molecule has 0 saturated carbocycles. The lowest BCUT2D eigenvalue weighted by Crippen LogP contribution is -1.85. The van der Waals surface area contributed by atoms with Crippen molar-refractivity contribution in [1.82, 2.24) is 9.97 Å². The molecule has 1 N–H and O–H groups in total. The Balaban J connectivity index is 2.11. The minimum Gasteiger partial charge on any atom is -0.354 e. The molecule has 0 spiro atoms. The van der Waals surface area contributed by atoms with Gasteiger partial charge in [-0.15, -0.1) is 0 Å². The molecular formula is C19H12N2. The maximum absolute atomic E-state index is 4.56. The first kappa shape index (κ1) is 10.9. The monoisotopic (exact) mass is 268 g/mol. The first-order valence-corrected chi connectivity index (χ1v) is 7.08. The van der Waals surface area contributed by atoms with Crippen molar-refractivity contribution in [2.45, 2.75) is 0 Å². The number of nitrogens with zero attached hydrogens (tertiary/aromatic N) is 1. The van der Waals surface area contributed by atoms with Gasteiger partial charge in [0.25, 0.3) is 0 Å². The summed E-state index contributed by atoms with van der Waals surface area (Å²) in [5, 5.41) is 6.07. The second-order valence-corrected chi connectivity index (χ2v) is 5.43. The maximum Gasteiger partial charge on any atom is 0.0801 e. The quantitative estimate of drug-likeness (QED) is 0.310. The number of fused-ring (bicyclic) bond motifs is 6. The van der Waals surface area contributed by atoms with Gasteiger partial charge in [-0.05, 0) is 34.4 Å². The molecule has 0 unspecified atom stereocenters. The van der Waals surface area contributed by atoms with Crippen molar-refractivity contribution in [1.29, 1.82) is 0 Å². The average Bonchev–Trinajstić information content (AvgIpc) is 3.01. The van der Waals surface area contributed by atoms with E-state index in [0.29, 0.717) is 0 Å². The van der Waals surface area contributed by atoms with E-state index in [1.165, 1.54) is 26.9 Å². The summed E-state index contributed by atoms with van der Waals surface area (Å²) in [4.78, 5) is 8.15. The highest BCUT2D eigenvalue weighted by molar-refractivity contribution is 6.18. The van der Waals surface area contributed by atoms with Crippen molar-refractivity contribution in [3.8, 4) is 0 Å². The van der Waals surface area contributed by atoms with Crippen LogP contribution in [0.3, 0.4) is 0 Å². The SMILES string of the molecule is c1ccc2[nH]c3c(ccc4ccc5ccnc5c43)cc2c1. The molecule has 0 aliphatic carbocycles. The van der Waals surface area contributed by atoms with Crippen LogP contribution in [0.15, 0.2) is 66.9 Å². The molecule has 0 aliphatic heterocycles. The Morgan fingerprint density at radius 2 is 1.52 bits per heavy atom. The van der Waals surface area contributed by atoms with Crippen LogP contribution in [0.25, 0.3) is 43.5 Å². The fourth-order valence-corrected chi connectivity index (χ4v) is 3.19. The highest BCUT2D eigenvalue weighted by Gasteiger charge is 2.08. The normalized spacial score (nSPS) is 11.8.